The Labute approximate surface area is 81.0 Å². The minimum absolute atomic E-state index is 0.153. The summed E-state index contributed by atoms with van der Waals surface area (Å²) >= 11 is 0. The molecule has 1 aromatic heterocycles. The molecule has 1 heterocycles. The second kappa shape index (κ2) is 2.87. The van der Waals surface area contributed by atoms with Crippen LogP contribution in [0, 0.1) is 13.8 Å². The third-order valence-corrected chi connectivity index (χ3v) is 2.45. The van der Waals surface area contributed by atoms with Gasteiger partial charge in [0, 0.05) is 5.56 Å². The van der Waals surface area contributed by atoms with Crippen LogP contribution in [0.15, 0.2) is 16.5 Å². The summed E-state index contributed by atoms with van der Waals surface area (Å²) in [6, 6.07) is 3.06. The van der Waals surface area contributed by atoms with Crippen molar-refractivity contribution >= 4 is 17.3 Å². The second-order valence-corrected chi connectivity index (χ2v) is 3.28. The molecular formula is C11H10O3. The van der Waals surface area contributed by atoms with Gasteiger partial charge in [-0.3, -0.25) is 4.79 Å². The van der Waals surface area contributed by atoms with Crippen LogP contribution in [-0.4, -0.2) is 11.4 Å². The zero-order chi connectivity index (χ0) is 10.3. The number of hydrogen-bond acceptors (Lipinski definition) is 3. The lowest BCUT2D eigenvalue weighted by molar-refractivity contribution is 0.112. The average Bonchev–Trinajstić information content (AvgIpc) is 2.45. The number of hydrogen-bond donors (Lipinski definition) is 1. The van der Waals surface area contributed by atoms with Gasteiger partial charge in [0.05, 0.1) is 10.9 Å². The summed E-state index contributed by atoms with van der Waals surface area (Å²) in [6.45, 7) is 3.67. The summed E-state index contributed by atoms with van der Waals surface area (Å²) in [4.78, 5) is 10.7. The Morgan fingerprint density at radius 3 is 2.71 bits per heavy atom. The lowest BCUT2D eigenvalue weighted by Crippen LogP contribution is -1.80. The van der Waals surface area contributed by atoms with E-state index in [2.05, 4.69) is 0 Å². The number of phenolic OH excluding ortho intramolecular Hbond substituents is 1. The minimum Gasteiger partial charge on any atom is -0.507 e. The fourth-order valence-electron chi connectivity index (χ4n) is 1.56. The van der Waals surface area contributed by atoms with Crippen molar-refractivity contribution in [2.45, 2.75) is 13.8 Å². The predicted octanol–water partition coefficient (Wildman–Crippen LogP) is 2.57. The molecule has 0 aliphatic carbocycles. The summed E-state index contributed by atoms with van der Waals surface area (Å²) in [5.41, 5.74) is 1.81. The number of aryl methyl sites for hydroxylation is 2. The van der Waals surface area contributed by atoms with Crippen molar-refractivity contribution in [3.63, 3.8) is 0 Å². The monoisotopic (exact) mass is 190 g/mol. The third kappa shape index (κ3) is 1.02. The first-order valence-corrected chi connectivity index (χ1v) is 4.32. The average molecular weight is 190 g/mol. The molecule has 0 radical (unpaired) electrons. The molecular weight excluding hydrogens is 180 g/mol. The number of aldehydes is 1. The van der Waals surface area contributed by atoms with Crippen LogP contribution in [-0.2, 0) is 0 Å². The van der Waals surface area contributed by atoms with Crippen molar-refractivity contribution < 1.29 is 14.3 Å². The predicted molar refractivity (Wildman–Crippen MR) is 52.7 cm³/mol. The number of carbonyl (C=O) groups is 1. The van der Waals surface area contributed by atoms with Gasteiger partial charge >= 0.3 is 0 Å². The first-order valence-electron chi connectivity index (χ1n) is 4.32. The smallest absolute Gasteiger partial charge is 0.153 e. The second-order valence-electron chi connectivity index (χ2n) is 3.28. The van der Waals surface area contributed by atoms with E-state index in [1.54, 1.807) is 6.07 Å². The highest BCUT2D eigenvalue weighted by atomic mass is 16.3. The quantitative estimate of drug-likeness (QED) is 0.703. The van der Waals surface area contributed by atoms with Crippen LogP contribution in [0.25, 0.3) is 11.0 Å². The van der Waals surface area contributed by atoms with Gasteiger partial charge in [0.25, 0.3) is 0 Å². The van der Waals surface area contributed by atoms with E-state index in [4.69, 9.17) is 4.42 Å². The molecule has 1 aromatic carbocycles. The minimum atomic E-state index is 0.153. The van der Waals surface area contributed by atoms with Crippen LogP contribution in [0.4, 0.5) is 0 Å². The largest absolute Gasteiger partial charge is 0.507 e. The van der Waals surface area contributed by atoms with Gasteiger partial charge in [-0.25, -0.2) is 0 Å². The number of phenols is 1. The van der Waals surface area contributed by atoms with Gasteiger partial charge in [-0.05, 0) is 26.0 Å². The Kier molecular flexibility index (Phi) is 1.81. The van der Waals surface area contributed by atoms with E-state index in [1.165, 1.54) is 6.07 Å². The van der Waals surface area contributed by atoms with E-state index in [0.717, 1.165) is 17.6 Å². The van der Waals surface area contributed by atoms with Crippen molar-refractivity contribution in [2.24, 2.45) is 0 Å². The highest BCUT2D eigenvalue weighted by molar-refractivity contribution is 5.99. The number of furan rings is 1. The lowest BCUT2D eigenvalue weighted by Gasteiger charge is -1.96. The van der Waals surface area contributed by atoms with Crippen LogP contribution < -0.4 is 0 Å². The molecule has 2 rings (SSSR count). The van der Waals surface area contributed by atoms with Crippen LogP contribution in [0.2, 0.25) is 0 Å². The molecule has 1 N–H and O–H groups in total. The van der Waals surface area contributed by atoms with E-state index in [9.17, 15) is 9.90 Å². The molecule has 0 saturated heterocycles. The molecule has 0 unspecified atom stereocenters. The molecule has 0 spiro atoms. The highest BCUT2D eigenvalue weighted by Crippen LogP contribution is 2.33. The molecule has 2 aromatic rings. The normalized spacial score (nSPS) is 10.7. The molecule has 0 fully saturated rings. The molecule has 3 heteroatoms. The maximum atomic E-state index is 10.7. The maximum Gasteiger partial charge on any atom is 0.153 e. The van der Waals surface area contributed by atoms with Gasteiger partial charge in [-0.2, -0.15) is 0 Å². The van der Waals surface area contributed by atoms with Gasteiger partial charge in [0.2, 0.25) is 0 Å². The summed E-state index contributed by atoms with van der Waals surface area (Å²) < 4.78 is 5.41. The third-order valence-electron chi connectivity index (χ3n) is 2.45. The van der Waals surface area contributed by atoms with E-state index < -0.39 is 0 Å². The zero-order valence-corrected chi connectivity index (χ0v) is 8.00. The molecule has 0 bridgehead atoms. The van der Waals surface area contributed by atoms with Gasteiger partial charge in [-0.15, -0.1) is 0 Å². The summed E-state index contributed by atoms with van der Waals surface area (Å²) in [7, 11) is 0. The summed E-state index contributed by atoms with van der Waals surface area (Å²) in [5.74, 6) is 0.879. The highest BCUT2D eigenvalue weighted by Gasteiger charge is 2.13. The molecule has 0 aliphatic heterocycles. The zero-order valence-electron chi connectivity index (χ0n) is 8.00. The first kappa shape index (κ1) is 8.81. The topological polar surface area (TPSA) is 50.4 Å². The van der Waals surface area contributed by atoms with Crippen LogP contribution >= 0.6 is 0 Å². The fourth-order valence-corrected chi connectivity index (χ4v) is 1.56. The van der Waals surface area contributed by atoms with Crippen LogP contribution in [0.1, 0.15) is 21.7 Å². The number of benzene rings is 1. The Hall–Kier alpha value is -1.77. The SMILES string of the molecule is Cc1oc2c(C=O)ccc(O)c2c1C. The lowest BCUT2D eigenvalue weighted by atomic mass is 10.1. The van der Waals surface area contributed by atoms with Gasteiger partial charge in [0.1, 0.15) is 17.1 Å². The Morgan fingerprint density at radius 1 is 1.36 bits per heavy atom. The van der Waals surface area contributed by atoms with Crippen LogP contribution in [0.5, 0.6) is 5.75 Å². The number of aromatic hydroxyl groups is 1. The van der Waals surface area contributed by atoms with Crippen molar-refractivity contribution in [1.82, 2.24) is 0 Å². The molecule has 3 nitrogen and oxygen atoms in total. The van der Waals surface area contributed by atoms with Crippen molar-refractivity contribution in [3.8, 4) is 5.75 Å². The summed E-state index contributed by atoms with van der Waals surface area (Å²) in [6.07, 6.45) is 0.726. The van der Waals surface area contributed by atoms with E-state index in [1.807, 2.05) is 13.8 Å². The molecule has 72 valence electrons. The number of rotatable bonds is 1. The Bertz CT molecular complexity index is 509. The van der Waals surface area contributed by atoms with Crippen LogP contribution in [0.3, 0.4) is 0 Å². The molecule has 0 amide bonds. The molecule has 0 atom stereocenters. The van der Waals surface area contributed by atoms with Crippen molar-refractivity contribution in [3.05, 3.63) is 29.0 Å². The number of fused-ring (bicyclic) bond motifs is 1. The molecule has 0 saturated carbocycles. The van der Waals surface area contributed by atoms with Gasteiger partial charge < -0.3 is 9.52 Å². The fraction of sp³-hybridized carbons (Fsp3) is 0.182. The molecule has 0 aliphatic rings. The Morgan fingerprint density at radius 2 is 2.07 bits per heavy atom. The van der Waals surface area contributed by atoms with Gasteiger partial charge in [0.15, 0.2) is 6.29 Å². The standard InChI is InChI=1S/C11H10O3/c1-6-7(2)14-11-8(5-12)3-4-9(13)10(6)11/h3-5,13H,1-2H3. The maximum absolute atomic E-state index is 10.7. The Balaban J connectivity index is 2.98. The molecule has 14 heavy (non-hydrogen) atoms. The van der Waals surface area contributed by atoms with E-state index in [-0.39, 0.29) is 5.75 Å². The van der Waals surface area contributed by atoms with Gasteiger partial charge in [-0.1, -0.05) is 0 Å². The van der Waals surface area contributed by atoms with E-state index >= 15 is 0 Å². The van der Waals surface area contributed by atoms with E-state index in [0.29, 0.717) is 16.5 Å². The number of carbonyl (C=O) groups excluding carboxylic acids is 1. The first-order chi connectivity index (χ1) is 6.65. The summed E-state index contributed by atoms with van der Waals surface area (Å²) in [5, 5.41) is 10.2. The van der Waals surface area contributed by atoms with Crippen molar-refractivity contribution in [2.75, 3.05) is 0 Å². The van der Waals surface area contributed by atoms with Crippen molar-refractivity contribution in [1.29, 1.82) is 0 Å².